The van der Waals surface area contributed by atoms with Crippen LogP contribution in [0.2, 0.25) is 0 Å². The maximum atomic E-state index is 13.5. The van der Waals surface area contributed by atoms with E-state index in [0.29, 0.717) is 16.3 Å². The molecule has 0 saturated heterocycles. The fourth-order valence-corrected chi connectivity index (χ4v) is 3.07. The van der Waals surface area contributed by atoms with Crippen LogP contribution in [0.1, 0.15) is 12.5 Å². The second-order valence-corrected chi connectivity index (χ2v) is 6.02. The van der Waals surface area contributed by atoms with Gasteiger partial charge in [-0.1, -0.05) is 6.92 Å². The zero-order valence-electron chi connectivity index (χ0n) is 10.8. The van der Waals surface area contributed by atoms with Crippen LogP contribution >= 0.6 is 24.0 Å². The SMILES string of the molecule is CSCC(C)Cn1c(=S)[nH]c2cc(F)c(C)cc21. The maximum absolute atomic E-state index is 13.5. The number of hydrogen-bond acceptors (Lipinski definition) is 2. The molecule has 0 bridgehead atoms. The van der Waals surface area contributed by atoms with Crippen molar-refractivity contribution in [3.63, 3.8) is 0 Å². The molecule has 1 aromatic carbocycles. The highest BCUT2D eigenvalue weighted by Crippen LogP contribution is 2.20. The monoisotopic (exact) mass is 284 g/mol. The van der Waals surface area contributed by atoms with Crippen LogP contribution in [0, 0.1) is 23.4 Å². The Morgan fingerprint density at radius 1 is 1.50 bits per heavy atom. The number of fused-ring (bicyclic) bond motifs is 1. The van der Waals surface area contributed by atoms with Crippen LogP contribution in [0.3, 0.4) is 0 Å². The van der Waals surface area contributed by atoms with E-state index in [1.165, 1.54) is 6.07 Å². The smallest absolute Gasteiger partial charge is 0.178 e. The van der Waals surface area contributed by atoms with Gasteiger partial charge in [0.05, 0.1) is 11.0 Å². The topological polar surface area (TPSA) is 20.7 Å². The van der Waals surface area contributed by atoms with Gasteiger partial charge in [0.15, 0.2) is 4.77 Å². The van der Waals surface area contributed by atoms with Crippen molar-refractivity contribution in [1.29, 1.82) is 0 Å². The molecule has 0 saturated carbocycles. The summed E-state index contributed by atoms with van der Waals surface area (Å²) in [6, 6.07) is 3.39. The number of benzene rings is 1. The largest absolute Gasteiger partial charge is 0.330 e. The first-order chi connectivity index (χ1) is 8.52. The first-order valence-electron chi connectivity index (χ1n) is 5.90. The summed E-state index contributed by atoms with van der Waals surface area (Å²) in [5.74, 6) is 1.44. The average molecular weight is 284 g/mol. The molecule has 18 heavy (non-hydrogen) atoms. The van der Waals surface area contributed by atoms with E-state index in [9.17, 15) is 4.39 Å². The van der Waals surface area contributed by atoms with E-state index in [0.717, 1.165) is 23.3 Å². The number of imidazole rings is 1. The van der Waals surface area contributed by atoms with E-state index in [1.54, 1.807) is 6.92 Å². The van der Waals surface area contributed by atoms with Crippen molar-refractivity contribution >= 4 is 35.0 Å². The van der Waals surface area contributed by atoms with E-state index in [-0.39, 0.29) is 5.82 Å². The van der Waals surface area contributed by atoms with Gasteiger partial charge in [-0.2, -0.15) is 11.8 Å². The number of thioether (sulfide) groups is 1. The summed E-state index contributed by atoms with van der Waals surface area (Å²) in [5, 5.41) is 0. The second kappa shape index (κ2) is 5.45. The predicted octanol–water partition coefficient (Wildman–Crippen LogP) is 4.15. The molecule has 0 amide bonds. The van der Waals surface area contributed by atoms with Gasteiger partial charge in [-0.15, -0.1) is 0 Å². The fourth-order valence-electron chi connectivity index (χ4n) is 2.11. The van der Waals surface area contributed by atoms with Crippen LogP contribution in [-0.4, -0.2) is 21.6 Å². The number of hydrogen-bond donors (Lipinski definition) is 1. The molecule has 2 aromatic rings. The number of aryl methyl sites for hydroxylation is 1. The lowest BCUT2D eigenvalue weighted by molar-refractivity contribution is 0.536. The number of nitrogens with zero attached hydrogens (tertiary/aromatic N) is 1. The minimum absolute atomic E-state index is 0.192. The summed E-state index contributed by atoms with van der Waals surface area (Å²) in [6.45, 7) is 4.85. The standard InChI is InChI=1S/C13H17FN2S2/c1-8(7-18-3)6-16-12-4-9(2)10(14)5-11(12)15-13(16)17/h4-5,8H,6-7H2,1-3H3,(H,15,17). The summed E-state index contributed by atoms with van der Waals surface area (Å²) in [4.78, 5) is 3.07. The van der Waals surface area contributed by atoms with Crippen LogP contribution in [-0.2, 0) is 6.54 Å². The molecule has 1 atom stereocenters. The van der Waals surface area contributed by atoms with Gasteiger partial charge in [0, 0.05) is 6.54 Å². The maximum Gasteiger partial charge on any atom is 0.178 e. The normalized spacial score (nSPS) is 13.1. The van der Waals surface area contributed by atoms with Crippen LogP contribution in [0.25, 0.3) is 11.0 Å². The summed E-state index contributed by atoms with van der Waals surface area (Å²) >= 11 is 7.15. The molecule has 0 spiro atoms. The third-order valence-corrected chi connectivity index (χ3v) is 4.22. The van der Waals surface area contributed by atoms with Crippen molar-refractivity contribution in [1.82, 2.24) is 9.55 Å². The Kier molecular flexibility index (Phi) is 4.12. The second-order valence-electron chi connectivity index (χ2n) is 4.72. The average Bonchev–Trinajstić information content (AvgIpc) is 2.57. The number of aromatic amines is 1. The molecule has 1 aromatic heterocycles. The van der Waals surface area contributed by atoms with Gasteiger partial charge < -0.3 is 9.55 Å². The molecule has 1 unspecified atom stereocenters. The molecule has 0 fully saturated rings. The lowest BCUT2D eigenvalue weighted by atomic mass is 10.2. The molecule has 0 aliphatic carbocycles. The Labute approximate surface area is 116 Å². The molecule has 1 N–H and O–H groups in total. The van der Waals surface area contributed by atoms with Gasteiger partial charge in [0.2, 0.25) is 0 Å². The van der Waals surface area contributed by atoms with E-state index in [1.807, 2.05) is 17.8 Å². The Morgan fingerprint density at radius 3 is 2.89 bits per heavy atom. The molecule has 5 heteroatoms. The number of rotatable bonds is 4. The molecular formula is C13H17FN2S2. The predicted molar refractivity (Wildman–Crippen MR) is 79.4 cm³/mol. The molecule has 0 aliphatic rings. The first kappa shape index (κ1) is 13.6. The van der Waals surface area contributed by atoms with Crippen molar-refractivity contribution in [3.05, 3.63) is 28.3 Å². The highest BCUT2D eigenvalue weighted by Gasteiger charge is 2.10. The Bertz CT molecular complexity index is 615. The summed E-state index contributed by atoms with van der Waals surface area (Å²) in [6.07, 6.45) is 2.10. The van der Waals surface area contributed by atoms with Crippen molar-refractivity contribution < 1.29 is 4.39 Å². The first-order valence-corrected chi connectivity index (χ1v) is 7.70. The third-order valence-electron chi connectivity index (χ3n) is 3.00. The van der Waals surface area contributed by atoms with Gasteiger partial charge in [-0.3, -0.25) is 0 Å². The molecular weight excluding hydrogens is 267 g/mol. The molecule has 0 aliphatic heterocycles. The number of H-pyrrole nitrogens is 1. The van der Waals surface area contributed by atoms with E-state index in [4.69, 9.17) is 12.2 Å². The molecule has 0 radical (unpaired) electrons. The lowest BCUT2D eigenvalue weighted by Crippen LogP contribution is -2.09. The minimum atomic E-state index is -0.192. The van der Waals surface area contributed by atoms with Gasteiger partial charge in [-0.25, -0.2) is 4.39 Å². The molecule has 2 nitrogen and oxygen atoms in total. The Balaban J connectivity index is 2.47. The fraction of sp³-hybridized carbons (Fsp3) is 0.462. The van der Waals surface area contributed by atoms with Gasteiger partial charge in [0.1, 0.15) is 5.82 Å². The highest BCUT2D eigenvalue weighted by atomic mass is 32.2. The van der Waals surface area contributed by atoms with Crippen molar-refractivity contribution in [3.8, 4) is 0 Å². The van der Waals surface area contributed by atoms with Crippen LogP contribution in [0.5, 0.6) is 0 Å². The number of aromatic nitrogens is 2. The summed E-state index contributed by atoms with van der Waals surface area (Å²) in [7, 11) is 0. The van der Waals surface area contributed by atoms with Gasteiger partial charge in [0.25, 0.3) is 0 Å². The molecule has 1 heterocycles. The van der Waals surface area contributed by atoms with E-state index >= 15 is 0 Å². The summed E-state index contributed by atoms with van der Waals surface area (Å²) < 4.78 is 16.2. The summed E-state index contributed by atoms with van der Waals surface area (Å²) in [5.41, 5.74) is 2.43. The minimum Gasteiger partial charge on any atom is -0.330 e. The van der Waals surface area contributed by atoms with Crippen LogP contribution in [0.4, 0.5) is 4.39 Å². The van der Waals surface area contributed by atoms with Gasteiger partial charge >= 0.3 is 0 Å². The molecule has 2 rings (SSSR count). The molecule has 98 valence electrons. The van der Waals surface area contributed by atoms with Crippen LogP contribution in [0.15, 0.2) is 12.1 Å². The van der Waals surface area contributed by atoms with Crippen LogP contribution < -0.4 is 0 Å². The zero-order chi connectivity index (χ0) is 13.3. The Morgan fingerprint density at radius 2 is 2.22 bits per heavy atom. The number of nitrogens with one attached hydrogen (secondary N) is 1. The Hall–Kier alpha value is -0.810. The number of halogens is 1. The highest BCUT2D eigenvalue weighted by molar-refractivity contribution is 7.98. The van der Waals surface area contributed by atoms with Crippen molar-refractivity contribution in [2.45, 2.75) is 20.4 Å². The quantitative estimate of drug-likeness (QED) is 0.852. The van der Waals surface area contributed by atoms with E-state index < -0.39 is 0 Å². The third kappa shape index (κ3) is 2.62. The van der Waals surface area contributed by atoms with Gasteiger partial charge in [-0.05, 0) is 54.8 Å². The lowest BCUT2D eigenvalue weighted by Gasteiger charge is -2.11. The van der Waals surface area contributed by atoms with E-state index in [2.05, 4.69) is 22.7 Å². The van der Waals surface area contributed by atoms with Crippen molar-refractivity contribution in [2.24, 2.45) is 5.92 Å². The van der Waals surface area contributed by atoms with Crippen molar-refractivity contribution in [2.75, 3.05) is 12.0 Å². The zero-order valence-corrected chi connectivity index (χ0v) is 12.4.